The molecule has 2 aromatic carbocycles. The van der Waals surface area contributed by atoms with Crippen molar-refractivity contribution < 1.29 is 4.79 Å². The van der Waals surface area contributed by atoms with Crippen molar-refractivity contribution in [2.24, 2.45) is 0 Å². The highest BCUT2D eigenvalue weighted by atomic mass is 16.2. The van der Waals surface area contributed by atoms with Crippen LogP contribution in [0, 0.1) is 13.8 Å². The van der Waals surface area contributed by atoms with E-state index in [1.165, 1.54) is 17.0 Å². The number of nitrogens with one attached hydrogen (secondary N) is 1. The van der Waals surface area contributed by atoms with Crippen molar-refractivity contribution in [1.29, 1.82) is 0 Å². The SMILES string of the molecule is Cc1ccc(-n2ccn(CC(=O)Nc3ccccc3)c(=O)c2=O)cc1C. The van der Waals surface area contributed by atoms with Gasteiger partial charge in [-0.1, -0.05) is 24.3 Å². The molecule has 0 saturated heterocycles. The zero-order valence-corrected chi connectivity index (χ0v) is 14.6. The largest absolute Gasteiger partial charge is 0.325 e. The lowest BCUT2D eigenvalue weighted by Gasteiger charge is -2.11. The van der Waals surface area contributed by atoms with E-state index in [9.17, 15) is 14.4 Å². The Labute approximate surface area is 150 Å². The summed E-state index contributed by atoms with van der Waals surface area (Å²) in [5, 5.41) is 2.69. The summed E-state index contributed by atoms with van der Waals surface area (Å²) in [6, 6.07) is 14.5. The van der Waals surface area contributed by atoms with Gasteiger partial charge in [-0.25, -0.2) is 0 Å². The Morgan fingerprint density at radius 3 is 2.35 bits per heavy atom. The lowest BCUT2D eigenvalue weighted by Crippen LogP contribution is -2.41. The van der Waals surface area contributed by atoms with Crippen LogP contribution in [0.25, 0.3) is 5.69 Å². The molecule has 0 aliphatic heterocycles. The van der Waals surface area contributed by atoms with E-state index in [0.29, 0.717) is 11.4 Å². The highest BCUT2D eigenvalue weighted by molar-refractivity contribution is 5.90. The van der Waals surface area contributed by atoms with Crippen molar-refractivity contribution in [3.8, 4) is 5.69 Å². The molecule has 3 aromatic rings. The summed E-state index contributed by atoms with van der Waals surface area (Å²) in [6.07, 6.45) is 2.95. The Morgan fingerprint density at radius 1 is 0.923 bits per heavy atom. The minimum atomic E-state index is -0.742. The molecule has 0 radical (unpaired) electrons. The zero-order valence-electron chi connectivity index (χ0n) is 14.6. The third-order valence-electron chi connectivity index (χ3n) is 4.20. The van der Waals surface area contributed by atoms with Crippen LogP contribution in [0.4, 0.5) is 5.69 Å². The molecule has 0 aliphatic rings. The molecular formula is C20H19N3O3. The van der Waals surface area contributed by atoms with Crippen LogP contribution in [0.5, 0.6) is 0 Å². The molecule has 0 fully saturated rings. The van der Waals surface area contributed by atoms with Gasteiger partial charge in [0, 0.05) is 23.8 Å². The van der Waals surface area contributed by atoms with E-state index < -0.39 is 11.1 Å². The van der Waals surface area contributed by atoms with E-state index in [2.05, 4.69) is 5.32 Å². The number of hydrogen-bond donors (Lipinski definition) is 1. The Kier molecular flexibility index (Phi) is 4.84. The third-order valence-corrected chi connectivity index (χ3v) is 4.20. The Balaban J connectivity index is 1.85. The molecule has 0 bridgehead atoms. The maximum Gasteiger partial charge on any atom is 0.320 e. The second-order valence-corrected chi connectivity index (χ2v) is 6.09. The van der Waals surface area contributed by atoms with Gasteiger partial charge in [0.05, 0.1) is 0 Å². The van der Waals surface area contributed by atoms with Gasteiger partial charge in [-0.3, -0.25) is 23.5 Å². The third kappa shape index (κ3) is 3.64. The van der Waals surface area contributed by atoms with Gasteiger partial charge in [-0.05, 0) is 49.2 Å². The van der Waals surface area contributed by atoms with Crippen molar-refractivity contribution in [3.05, 3.63) is 92.8 Å². The molecule has 0 spiro atoms. The van der Waals surface area contributed by atoms with Crippen LogP contribution in [-0.2, 0) is 11.3 Å². The predicted octanol–water partition coefficient (Wildman–Crippen LogP) is 2.25. The van der Waals surface area contributed by atoms with Crippen LogP contribution in [-0.4, -0.2) is 15.0 Å². The number of aromatic nitrogens is 2. The van der Waals surface area contributed by atoms with Gasteiger partial charge < -0.3 is 5.32 Å². The summed E-state index contributed by atoms with van der Waals surface area (Å²) in [7, 11) is 0. The summed E-state index contributed by atoms with van der Waals surface area (Å²) in [4.78, 5) is 36.9. The topological polar surface area (TPSA) is 73.1 Å². The molecule has 6 heteroatoms. The fourth-order valence-corrected chi connectivity index (χ4v) is 2.59. The van der Waals surface area contributed by atoms with Gasteiger partial charge in [0.1, 0.15) is 6.54 Å². The molecule has 0 aliphatic carbocycles. The van der Waals surface area contributed by atoms with E-state index in [0.717, 1.165) is 15.7 Å². The number of para-hydroxylation sites is 1. The molecule has 26 heavy (non-hydrogen) atoms. The monoisotopic (exact) mass is 349 g/mol. The van der Waals surface area contributed by atoms with Crippen molar-refractivity contribution in [1.82, 2.24) is 9.13 Å². The first-order valence-corrected chi connectivity index (χ1v) is 8.20. The van der Waals surface area contributed by atoms with Crippen LogP contribution < -0.4 is 16.4 Å². The highest BCUT2D eigenvalue weighted by Crippen LogP contribution is 2.12. The van der Waals surface area contributed by atoms with Crippen LogP contribution in [0.3, 0.4) is 0 Å². The van der Waals surface area contributed by atoms with Crippen molar-refractivity contribution >= 4 is 11.6 Å². The van der Waals surface area contributed by atoms with E-state index in [1.54, 1.807) is 30.3 Å². The van der Waals surface area contributed by atoms with Gasteiger partial charge in [0.15, 0.2) is 0 Å². The first-order chi connectivity index (χ1) is 12.5. The Hall–Kier alpha value is -3.41. The first kappa shape index (κ1) is 17.4. The van der Waals surface area contributed by atoms with Gasteiger partial charge in [-0.2, -0.15) is 0 Å². The molecule has 0 unspecified atom stereocenters. The normalized spacial score (nSPS) is 10.5. The van der Waals surface area contributed by atoms with Gasteiger partial charge >= 0.3 is 11.1 Å². The summed E-state index contributed by atoms with van der Waals surface area (Å²) < 4.78 is 2.40. The fourth-order valence-electron chi connectivity index (χ4n) is 2.59. The van der Waals surface area contributed by atoms with Gasteiger partial charge in [0.25, 0.3) is 0 Å². The summed E-state index contributed by atoms with van der Waals surface area (Å²) in [6.45, 7) is 3.70. The number of anilines is 1. The number of carbonyl (C=O) groups is 1. The maximum atomic E-state index is 12.4. The zero-order chi connectivity index (χ0) is 18.7. The Bertz CT molecular complexity index is 1070. The van der Waals surface area contributed by atoms with E-state index in [4.69, 9.17) is 0 Å². The van der Waals surface area contributed by atoms with Crippen molar-refractivity contribution in [3.63, 3.8) is 0 Å². The molecule has 1 heterocycles. The summed E-state index contributed by atoms with van der Waals surface area (Å²) in [5.74, 6) is -0.373. The van der Waals surface area contributed by atoms with Crippen LogP contribution in [0.15, 0.2) is 70.5 Å². The summed E-state index contributed by atoms with van der Waals surface area (Å²) in [5.41, 5.74) is 1.95. The number of hydrogen-bond acceptors (Lipinski definition) is 3. The fraction of sp³-hybridized carbons (Fsp3) is 0.150. The molecule has 0 atom stereocenters. The van der Waals surface area contributed by atoms with Gasteiger partial charge in [0.2, 0.25) is 5.91 Å². The minimum Gasteiger partial charge on any atom is -0.325 e. The quantitative estimate of drug-likeness (QED) is 0.734. The van der Waals surface area contributed by atoms with Crippen molar-refractivity contribution in [2.45, 2.75) is 20.4 Å². The van der Waals surface area contributed by atoms with Gasteiger partial charge in [-0.15, -0.1) is 0 Å². The summed E-state index contributed by atoms with van der Waals surface area (Å²) >= 11 is 0. The molecule has 1 N–H and O–H groups in total. The Morgan fingerprint density at radius 2 is 1.65 bits per heavy atom. The lowest BCUT2D eigenvalue weighted by molar-refractivity contribution is -0.116. The number of nitrogens with zero attached hydrogens (tertiary/aromatic N) is 2. The number of aryl methyl sites for hydroxylation is 2. The molecule has 1 amide bonds. The molecule has 3 rings (SSSR count). The minimum absolute atomic E-state index is 0.225. The number of carbonyl (C=O) groups excluding carboxylic acids is 1. The van der Waals surface area contributed by atoms with Crippen molar-refractivity contribution in [2.75, 3.05) is 5.32 Å². The molecular weight excluding hydrogens is 330 g/mol. The molecule has 0 saturated carbocycles. The second kappa shape index (κ2) is 7.23. The average Bonchev–Trinajstić information content (AvgIpc) is 2.62. The standard InChI is InChI=1S/C20H19N3O3/c1-14-8-9-17(12-15(14)2)23-11-10-22(19(25)20(23)26)13-18(24)21-16-6-4-3-5-7-16/h3-12H,13H2,1-2H3,(H,21,24). The second-order valence-electron chi connectivity index (χ2n) is 6.09. The number of amides is 1. The number of rotatable bonds is 4. The van der Waals surface area contributed by atoms with Crippen LogP contribution >= 0.6 is 0 Å². The van der Waals surface area contributed by atoms with Crippen LogP contribution in [0.1, 0.15) is 11.1 Å². The highest BCUT2D eigenvalue weighted by Gasteiger charge is 2.10. The molecule has 6 nitrogen and oxygen atoms in total. The first-order valence-electron chi connectivity index (χ1n) is 8.20. The maximum absolute atomic E-state index is 12.4. The smallest absolute Gasteiger partial charge is 0.320 e. The van der Waals surface area contributed by atoms with E-state index >= 15 is 0 Å². The average molecular weight is 349 g/mol. The lowest BCUT2D eigenvalue weighted by atomic mass is 10.1. The number of benzene rings is 2. The van der Waals surface area contributed by atoms with E-state index in [1.807, 2.05) is 32.0 Å². The van der Waals surface area contributed by atoms with E-state index in [-0.39, 0.29) is 12.5 Å². The van der Waals surface area contributed by atoms with Crippen LogP contribution in [0.2, 0.25) is 0 Å². The predicted molar refractivity (Wildman–Crippen MR) is 101 cm³/mol. The molecule has 1 aromatic heterocycles. The molecule has 132 valence electrons.